The van der Waals surface area contributed by atoms with E-state index >= 15 is 0 Å². The number of aryl methyl sites for hydroxylation is 4. The molecule has 0 aliphatic carbocycles. The predicted molar refractivity (Wildman–Crippen MR) is 106 cm³/mol. The first kappa shape index (κ1) is 17.5. The highest BCUT2D eigenvalue weighted by Gasteiger charge is 2.14. The fraction of sp³-hybridized carbons (Fsp3) is 0.316. The first-order valence-corrected chi connectivity index (χ1v) is 9.57. The molecule has 0 saturated heterocycles. The molecule has 0 aliphatic heterocycles. The second-order valence-electron chi connectivity index (χ2n) is 6.73. The van der Waals surface area contributed by atoms with Crippen LogP contribution in [0.1, 0.15) is 34.5 Å². The van der Waals surface area contributed by atoms with Gasteiger partial charge in [0.15, 0.2) is 5.13 Å². The van der Waals surface area contributed by atoms with Crippen molar-refractivity contribution >= 4 is 38.4 Å². The summed E-state index contributed by atoms with van der Waals surface area (Å²) in [6.07, 6.45) is 2.44. The second kappa shape index (κ2) is 6.70. The third-order valence-corrected chi connectivity index (χ3v) is 5.58. The van der Waals surface area contributed by atoms with Crippen LogP contribution in [0.3, 0.4) is 0 Å². The van der Waals surface area contributed by atoms with E-state index in [4.69, 9.17) is 0 Å². The van der Waals surface area contributed by atoms with Crippen molar-refractivity contribution in [2.45, 2.75) is 40.5 Å². The molecule has 0 spiro atoms. The number of amides is 1. The molecule has 1 N–H and O–H groups in total. The number of nitrogens with one attached hydrogen (secondary N) is 1. The highest BCUT2D eigenvalue weighted by molar-refractivity contribution is 7.22. The van der Waals surface area contributed by atoms with Gasteiger partial charge in [-0.05, 0) is 56.9 Å². The van der Waals surface area contributed by atoms with E-state index in [1.807, 2.05) is 20.8 Å². The zero-order chi connectivity index (χ0) is 19.1. The van der Waals surface area contributed by atoms with E-state index in [2.05, 4.69) is 44.4 Å². The minimum Gasteiger partial charge on any atom is -0.302 e. The fourth-order valence-electron chi connectivity index (χ4n) is 3.36. The number of hydrogen-bond acceptors (Lipinski definition) is 6. The molecule has 0 aliphatic rings. The Labute approximate surface area is 160 Å². The van der Waals surface area contributed by atoms with Gasteiger partial charge in [-0.3, -0.25) is 4.79 Å². The van der Waals surface area contributed by atoms with Crippen molar-refractivity contribution in [1.29, 1.82) is 0 Å². The summed E-state index contributed by atoms with van der Waals surface area (Å²) >= 11 is 1.51. The van der Waals surface area contributed by atoms with Crippen LogP contribution in [-0.2, 0) is 11.2 Å². The summed E-state index contributed by atoms with van der Waals surface area (Å²) in [6.45, 7) is 8.02. The molecule has 138 valence electrons. The van der Waals surface area contributed by atoms with Crippen molar-refractivity contribution in [3.63, 3.8) is 0 Å². The lowest BCUT2D eigenvalue weighted by Gasteiger charge is -2.10. The number of fused-ring (bicyclic) bond motifs is 2. The molecule has 3 heterocycles. The monoisotopic (exact) mass is 380 g/mol. The number of carbonyl (C=O) groups excluding carboxylic acids is 1. The number of benzene rings is 1. The van der Waals surface area contributed by atoms with Crippen LogP contribution in [0.15, 0.2) is 18.5 Å². The van der Waals surface area contributed by atoms with E-state index < -0.39 is 0 Å². The van der Waals surface area contributed by atoms with Gasteiger partial charge in [0, 0.05) is 17.8 Å². The van der Waals surface area contributed by atoms with Crippen LogP contribution in [0.5, 0.6) is 0 Å². The summed E-state index contributed by atoms with van der Waals surface area (Å²) in [6, 6.07) is 4.20. The average molecular weight is 380 g/mol. The Balaban J connectivity index is 1.50. The zero-order valence-electron chi connectivity index (χ0n) is 15.7. The second-order valence-corrected chi connectivity index (χ2v) is 7.76. The first-order valence-electron chi connectivity index (χ1n) is 8.76. The van der Waals surface area contributed by atoms with Crippen molar-refractivity contribution in [3.05, 3.63) is 46.5 Å². The summed E-state index contributed by atoms with van der Waals surface area (Å²) in [4.78, 5) is 25.6. The van der Waals surface area contributed by atoms with Crippen molar-refractivity contribution in [2.75, 3.05) is 5.32 Å². The minimum atomic E-state index is -0.0547. The zero-order valence-corrected chi connectivity index (χ0v) is 16.5. The molecule has 0 bridgehead atoms. The van der Waals surface area contributed by atoms with Gasteiger partial charge in [-0.1, -0.05) is 17.4 Å². The fourth-order valence-corrected chi connectivity index (χ4v) is 4.42. The van der Waals surface area contributed by atoms with Crippen LogP contribution >= 0.6 is 11.3 Å². The maximum Gasteiger partial charge on any atom is 0.252 e. The number of rotatable bonds is 4. The van der Waals surface area contributed by atoms with Crippen LogP contribution in [0.4, 0.5) is 5.13 Å². The standard InChI is InChI=1S/C19H20N6OS/c1-10-7-11(2)17-15(8-10)27-19(24-17)23-16(26)6-5-14-12(3)22-18-20-9-21-25(18)13(14)4/h7-9H,5-6H2,1-4H3,(H,23,24,26). The van der Waals surface area contributed by atoms with E-state index in [-0.39, 0.29) is 5.91 Å². The highest BCUT2D eigenvalue weighted by atomic mass is 32.1. The molecule has 0 atom stereocenters. The lowest BCUT2D eigenvalue weighted by molar-refractivity contribution is -0.116. The van der Waals surface area contributed by atoms with E-state index in [1.165, 1.54) is 23.2 Å². The van der Waals surface area contributed by atoms with Crippen LogP contribution in [0, 0.1) is 27.7 Å². The largest absolute Gasteiger partial charge is 0.302 e. The quantitative estimate of drug-likeness (QED) is 0.585. The molecule has 0 unspecified atom stereocenters. The smallest absolute Gasteiger partial charge is 0.252 e. The highest BCUT2D eigenvalue weighted by Crippen LogP contribution is 2.29. The number of carbonyl (C=O) groups is 1. The number of thiazole rings is 1. The molecule has 0 fully saturated rings. The van der Waals surface area contributed by atoms with Gasteiger partial charge in [-0.2, -0.15) is 10.1 Å². The normalized spacial score (nSPS) is 11.4. The maximum atomic E-state index is 12.5. The molecule has 7 nitrogen and oxygen atoms in total. The Bertz CT molecular complexity index is 1180. The predicted octanol–water partition coefficient (Wildman–Crippen LogP) is 3.54. The van der Waals surface area contributed by atoms with Crippen molar-refractivity contribution in [3.8, 4) is 0 Å². The number of aromatic nitrogens is 5. The molecule has 27 heavy (non-hydrogen) atoms. The van der Waals surface area contributed by atoms with Gasteiger partial charge < -0.3 is 5.32 Å². The summed E-state index contributed by atoms with van der Waals surface area (Å²) in [5.74, 6) is 0.527. The Morgan fingerprint density at radius 3 is 2.81 bits per heavy atom. The van der Waals surface area contributed by atoms with Crippen molar-refractivity contribution < 1.29 is 4.79 Å². The third kappa shape index (κ3) is 3.28. The summed E-state index contributed by atoms with van der Waals surface area (Å²) in [5, 5.41) is 7.76. The topological polar surface area (TPSA) is 85.1 Å². The average Bonchev–Trinajstić information content (AvgIpc) is 3.21. The Kier molecular flexibility index (Phi) is 4.35. The number of hydrogen-bond donors (Lipinski definition) is 1. The SMILES string of the molecule is Cc1cc(C)c2nc(NC(=O)CCc3c(C)nc4ncnn4c3C)sc2c1. The molecule has 8 heteroatoms. The molecule has 4 rings (SSSR count). The summed E-state index contributed by atoms with van der Waals surface area (Å²) in [5.41, 5.74) is 6.15. The van der Waals surface area contributed by atoms with Gasteiger partial charge in [0.2, 0.25) is 5.91 Å². The van der Waals surface area contributed by atoms with Crippen LogP contribution in [-0.4, -0.2) is 30.5 Å². The van der Waals surface area contributed by atoms with Crippen LogP contribution in [0.2, 0.25) is 0 Å². The van der Waals surface area contributed by atoms with Gasteiger partial charge in [0.05, 0.1) is 10.2 Å². The lowest BCUT2D eigenvalue weighted by Crippen LogP contribution is -2.14. The summed E-state index contributed by atoms with van der Waals surface area (Å²) < 4.78 is 2.80. The van der Waals surface area contributed by atoms with Crippen molar-refractivity contribution in [2.24, 2.45) is 0 Å². The molecular weight excluding hydrogens is 360 g/mol. The third-order valence-electron chi connectivity index (χ3n) is 4.67. The molecule has 3 aromatic heterocycles. The molecule has 4 aromatic rings. The Hall–Kier alpha value is -2.87. The number of anilines is 1. The van der Waals surface area contributed by atoms with Crippen LogP contribution in [0.25, 0.3) is 16.0 Å². The molecular formula is C19H20N6OS. The lowest BCUT2D eigenvalue weighted by atomic mass is 10.1. The van der Waals surface area contributed by atoms with Crippen LogP contribution < -0.4 is 5.32 Å². The van der Waals surface area contributed by atoms with Gasteiger partial charge in [0.1, 0.15) is 6.33 Å². The minimum absolute atomic E-state index is 0.0547. The van der Waals surface area contributed by atoms with Gasteiger partial charge >= 0.3 is 0 Å². The van der Waals surface area contributed by atoms with Gasteiger partial charge in [0.25, 0.3) is 5.78 Å². The molecule has 1 aromatic carbocycles. The Morgan fingerprint density at radius 1 is 1.19 bits per heavy atom. The van der Waals surface area contributed by atoms with E-state index in [0.29, 0.717) is 23.8 Å². The van der Waals surface area contributed by atoms with Gasteiger partial charge in [-0.15, -0.1) is 0 Å². The van der Waals surface area contributed by atoms with E-state index in [0.717, 1.165) is 32.7 Å². The molecule has 0 radical (unpaired) electrons. The van der Waals surface area contributed by atoms with Gasteiger partial charge in [-0.25, -0.2) is 14.5 Å². The molecule has 1 amide bonds. The van der Waals surface area contributed by atoms with E-state index in [9.17, 15) is 4.79 Å². The van der Waals surface area contributed by atoms with Crippen molar-refractivity contribution in [1.82, 2.24) is 24.6 Å². The maximum absolute atomic E-state index is 12.5. The number of nitrogens with zero attached hydrogens (tertiary/aromatic N) is 5. The Morgan fingerprint density at radius 2 is 2.00 bits per heavy atom. The molecule has 0 saturated carbocycles. The van der Waals surface area contributed by atoms with E-state index in [1.54, 1.807) is 4.52 Å². The summed E-state index contributed by atoms with van der Waals surface area (Å²) in [7, 11) is 0. The first-order chi connectivity index (χ1) is 12.9.